The Hall–Kier alpha value is -0.150. The van der Waals surface area contributed by atoms with Crippen molar-refractivity contribution in [2.75, 3.05) is 6.61 Å². The Kier molecular flexibility index (Phi) is 4.32. The van der Waals surface area contributed by atoms with Crippen LogP contribution in [0.5, 0.6) is 0 Å². The van der Waals surface area contributed by atoms with Crippen molar-refractivity contribution in [3.63, 3.8) is 0 Å². The molecule has 4 rings (SSSR count). The number of aliphatic hydroxyl groups is 2. The van der Waals surface area contributed by atoms with Crippen LogP contribution in [0.2, 0.25) is 0 Å². The summed E-state index contributed by atoms with van der Waals surface area (Å²) in [6.07, 6.45) is 8.44. The van der Waals surface area contributed by atoms with Crippen LogP contribution in [-0.4, -0.2) is 28.6 Å². The van der Waals surface area contributed by atoms with Crippen LogP contribution in [0.1, 0.15) is 78.6 Å². The Balaban J connectivity index is 1.69. The molecule has 0 aromatic rings. The fraction of sp³-hybridized carbons (Fsp3) is 1.00. The first kappa shape index (κ1) is 18.2. The molecule has 0 bridgehead atoms. The predicted octanol–water partition coefficient (Wildman–Crippen LogP) is 4.73. The van der Waals surface area contributed by atoms with Gasteiger partial charge in [-0.05, 0) is 78.9 Å². The Morgan fingerprint density at radius 2 is 1.76 bits per heavy atom. The van der Waals surface area contributed by atoms with Crippen molar-refractivity contribution in [3.05, 3.63) is 0 Å². The number of halogens is 1. The van der Waals surface area contributed by atoms with E-state index in [4.69, 9.17) is 0 Å². The predicted molar refractivity (Wildman–Crippen MR) is 97.8 cm³/mol. The van der Waals surface area contributed by atoms with E-state index in [-0.39, 0.29) is 29.3 Å². The van der Waals surface area contributed by atoms with Gasteiger partial charge in [0.1, 0.15) is 6.17 Å². The number of hydrogen-bond donors (Lipinski definition) is 2. The van der Waals surface area contributed by atoms with Gasteiger partial charge in [-0.25, -0.2) is 4.39 Å². The molecule has 4 aliphatic carbocycles. The Morgan fingerprint density at radius 3 is 2.48 bits per heavy atom. The Morgan fingerprint density at radius 1 is 1.00 bits per heavy atom. The SMILES string of the molecule is CC1C[C@H]2[C@@H]3CC(F)C4CCCC[C@]4(C)[C@H]3CC[C@]2(C)[C@@]1(O)CCO. The molecule has 4 fully saturated rings. The van der Waals surface area contributed by atoms with Crippen molar-refractivity contribution in [1.29, 1.82) is 0 Å². The summed E-state index contributed by atoms with van der Waals surface area (Å²) in [6, 6.07) is 0. The second-order valence-electron chi connectivity index (χ2n) is 10.5. The van der Waals surface area contributed by atoms with Gasteiger partial charge in [-0.2, -0.15) is 0 Å². The zero-order valence-corrected chi connectivity index (χ0v) is 16.3. The molecule has 144 valence electrons. The molecule has 9 atom stereocenters. The topological polar surface area (TPSA) is 40.5 Å². The highest BCUT2D eigenvalue weighted by molar-refractivity contribution is 5.16. The zero-order valence-electron chi connectivity index (χ0n) is 16.3. The molecule has 0 aromatic carbocycles. The van der Waals surface area contributed by atoms with Gasteiger partial charge in [-0.1, -0.05) is 33.6 Å². The highest BCUT2D eigenvalue weighted by Crippen LogP contribution is 2.70. The second-order valence-corrected chi connectivity index (χ2v) is 10.5. The van der Waals surface area contributed by atoms with Gasteiger partial charge in [0.2, 0.25) is 0 Å². The summed E-state index contributed by atoms with van der Waals surface area (Å²) in [5.41, 5.74) is -0.774. The van der Waals surface area contributed by atoms with E-state index in [2.05, 4.69) is 20.8 Å². The molecule has 0 aliphatic heterocycles. The van der Waals surface area contributed by atoms with Crippen LogP contribution in [0.25, 0.3) is 0 Å². The fourth-order valence-electron chi connectivity index (χ4n) is 8.43. The lowest BCUT2D eigenvalue weighted by Crippen LogP contribution is -2.59. The lowest BCUT2D eigenvalue weighted by molar-refractivity contribution is -0.175. The van der Waals surface area contributed by atoms with Gasteiger partial charge in [-0.15, -0.1) is 0 Å². The fourth-order valence-corrected chi connectivity index (χ4v) is 8.43. The minimum atomic E-state index is -0.784. The number of aliphatic hydroxyl groups excluding tert-OH is 1. The molecular formula is C22H37FO2. The van der Waals surface area contributed by atoms with Gasteiger partial charge in [0.15, 0.2) is 0 Å². The molecule has 25 heavy (non-hydrogen) atoms. The molecule has 0 amide bonds. The normalized spacial score (nSPS) is 58.3. The maximum atomic E-state index is 15.3. The van der Waals surface area contributed by atoms with Crippen LogP contribution >= 0.6 is 0 Å². The molecule has 0 aromatic heterocycles. The van der Waals surface area contributed by atoms with Gasteiger partial charge in [-0.3, -0.25) is 0 Å². The molecule has 2 N–H and O–H groups in total. The third kappa shape index (κ3) is 2.27. The zero-order chi connectivity index (χ0) is 18.0. The molecule has 3 unspecified atom stereocenters. The quantitative estimate of drug-likeness (QED) is 0.754. The van der Waals surface area contributed by atoms with E-state index in [9.17, 15) is 10.2 Å². The van der Waals surface area contributed by atoms with Crippen LogP contribution in [0.4, 0.5) is 4.39 Å². The van der Waals surface area contributed by atoms with Crippen molar-refractivity contribution >= 4 is 0 Å². The van der Waals surface area contributed by atoms with E-state index >= 15 is 4.39 Å². The van der Waals surface area contributed by atoms with E-state index in [0.29, 0.717) is 30.6 Å². The summed E-state index contributed by atoms with van der Waals surface area (Å²) in [5, 5.41) is 21.1. The molecular weight excluding hydrogens is 315 g/mol. The Bertz CT molecular complexity index is 524. The monoisotopic (exact) mass is 352 g/mol. The first-order valence-electron chi connectivity index (χ1n) is 10.8. The highest BCUT2D eigenvalue weighted by atomic mass is 19.1. The van der Waals surface area contributed by atoms with E-state index < -0.39 is 11.8 Å². The summed E-state index contributed by atoms with van der Waals surface area (Å²) >= 11 is 0. The summed E-state index contributed by atoms with van der Waals surface area (Å²) in [4.78, 5) is 0. The van der Waals surface area contributed by atoms with Crippen molar-refractivity contribution < 1.29 is 14.6 Å². The summed E-state index contributed by atoms with van der Waals surface area (Å²) < 4.78 is 15.3. The highest BCUT2D eigenvalue weighted by Gasteiger charge is 2.67. The van der Waals surface area contributed by atoms with Crippen LogP contribution in [0, 0.1) is 40.4 Å². The van der Waals surface area contributed by atoms with E-state index in [1.165, 1.54) is 19.3 Å². The molecule has 0 spiro atoms. The maximum Gasteiger partial charge on any atom is 0.104 e. The third-order valence-electron chi connectivity index (χ3n) is 9.84. The number of hydrogen-bond acceptors (Lipinski definition) is 2. The van der Waals surface area contributed by atoms with Gasteiger partial charge >= 0.3 is 0 Å². The summed E-state index contributed by atoms with van der Waals surface area (Å²) in [7, 11) is 0. The van der Waals surface area contributed by atoms with Crippen molar-refractivity contribution in [2.24, 2.45) is 40.4 Å². The molecule has 0 heterocycles. The first-order valence-corrected chi connectivity index (χ1v) is 10.8. The Labute approximate surface area is 152 Å². The third-order valence-corrected chi connectivity index (χ3v) is 9.84. The molecule has 0 saturated heterocycles. The number of fused-ring (bicyclic) bond motifs is 5. The van der Waals surface area contributed by atoms with Gasteiger partial charge in [0, 0.05) is 13.0 Å². The average Bonchev–Trinajstić information content (AvgIpc) is 2.76. The average molecular weight is 353 g/mol. The molecule has 0 radical (unpaired) electrons. The van der Waals surface area contributed by atoms with Gasteiger partial charge < -0.3 is 10.2 Å². The van der Waals surface area contributed by atoms with E-state index in [1.807, 2.05) is 0 Å². The largest absolute Gasteiger partial charge is 0.396 e. The molecule has 3 heteroatoms. The molecule has 4 saturated carbocycles. The smallest absolute Gasteiger partial charge is 0.104 e. The first-order chi connectivity index (χ1) is 11.8. The lowest BCUT2D eigenvalue weighted by atomic mass is 9.44. The second kappa shape index (κ2) is 5.92. The van der Waals surface area contributed by atoms with Crippen molar-refractivity contribution in [2.45, 2.75) is 90.3 Å². The standard InChI is InChI=1S/C22H37FO2/c1-14-12-18-15-13-19(23)17-6-4-5-8-20(17,2)16(15)7-9-21(18,3)22(14,25)10-11-24/h14-19,24-25H,4-13H2,1-3H3/t14?,15-,16+,17?,18+,19?,20-,21+,22-/m1/s1. The van der Waals surface area contributed by atoms with Crippen LogP contribution < -0.4 is 0 Å². The minimum absolute atomic E-state index is 0.0444. The van der Waals surface area contributed by atoms with Crippen molar-refractivity contribution in [1.82, 2.24) is 0 Å². The van der Waals surface area contributed by atoms with Crippen molar-refractivity contribution in [3.8, 4) is 0 Å². The van der Waals surface area contributed by atoms with Crippen LogP contribution in [-0.2, 0) is 0 Å². The maximum absolute atomic E-state index is 15.3. The summed E-state index contributed by atoms with van der Waals surface area (Å²) in [6.45, 7) is 6.83. The van der Waals surface area contributed by atoms with Gasteiger partial charge in [0.25, 0.3) is 0 Å². The van der Waals surface area contributed by atoms with Gasteiger partial charge in [0.05, 0.1) is 5.60 Å². The molecule has 2 nitrogen and oxygen atoms in total. The van der Waals surface area contributed by atoms with Crippen LogP contribution in [0.3, 0.4) is 0 Å². The summed E-state index contributed by atoms with van der Waals surface area (Å²) in [5.74, 6) is 1.93. The molecule has 4 aliphatic rings. The van der Waals surface area contributed by atoms with E-state index in [0.717, 1.165) is 25.7 Å². The van der Waals surface area contributed by atoms with Crippen LogP contribution in [0.15, 0.2) is 0 Å². The lowest BCUT2D eigenvalue weighted by Gasteiger charge is -2.62. The van der Waals surface area contributed by atoms with E-state index in [1.54, 1.807) is 0 Å². The number of rotatable bonds is 2. The minimum Gasteiger partial charge on any atom is -0.396 e. The number of alkyl halides is 1.